The van der Waals surface area contributed by atoms with Gasteiger partial charge in [0.2, 0.25) is 0 Å². The molecule has 0 aliphatic heterocycles. The van der Waals surface area contributed by atoms with Crippen LogP contribution in [0.15, 0.2) is 40.9 Å². The largest absolute Gasteiger partial charge is 0.487 e. The van der Waals surface area contributed by atoms with Gasteiger partial charge in [-0.3, -0.25) is 4.68 Å². The van der Waals surface area contributed by atoms with Crippen molar-refractivity contribution in [1.29, 1.82) is 0 Å². The molecule has 0 amide bonds. The molecular weight excluding hydrogens is 416 g/mol. The zero-order chi connectivity index (χ0) is 19.5. The summed E-state index contributed by atoms with van der Waals surface area (Å²) >= 11 is 3.60. The second kappa shape index (κ2) is 8.66. The van der Waals surface area contributed by atoms with Crippen LogP contribution >= 0.6 is 15.9 Å². The Morgan fingerprint density at radius 2 is 2.04 bits per heavy atom. The standard InChI is InChI=1S/C23H27BrN2O2/c1-3-27-12-11-17-13-16(2)7-10-23(17)28-15-22-20-14-18(24)8-9-21(20)25-26(22)19-5-4-6-19/h7-10,13-14,19H,3-6,11-12,15H2,1-2H3. The number of ether oxygens (including phenoxy) is 2. The highest BCUT2D eigenvalue weighted by molar-refractivity contribution is 9.10. The van der Waals surface area contributed by atoms with Crippen molar-refractivity contribution in [2.45, 2.75) is 52.2 Å². The van der Waals surface area contributed by atoms with E-state index in [1.165, 1.54) is 35.8 Å². The fourth-order valence-corrected chi connectivity index (χ4v) is 4.08. The molecule has 0 N–H and O–H groups in total. The first-order chi connectivity index (χ1) is 13.7. The molecule has 1 aliphatic carbocycles. The third kappa shape index (κ3) is 4.11. The zero-order valence-corrected chi connectivity index (χ0v) is 18.2. The summed E-state index contributed by atoms with van der Waals surface area (Å²) in [7, 11) is 0. The van der Waals surface area contributed by atoms with E-state index < -0.39 is 0 Å². The molecule has 1 fully saturated rings. The van der Waals surface area contributed by atoms with E-state index in [1.54, 1.807) is 0 Å². The van der Waals surface area contributed by atoms with Crippen LogP contribution in [0.2, 0.25) is 0 Å². The first-order valence-corrected chi connectivity index (χ1v) is 10.9. The van der Waals surface area contributed by atoms with E-state index >= 15 is 0 Å². The van der Waals surface area contributed by atoms with Gasteiger partial charge in [-0.15, -0.1) is 0 Å². The van der Waals surface area contributed by atoms with Gasteiger partial charge in [0.15, 0.2) is 0 Å². The van der Waals surface area contributed by atoms with Crippen LogP contribution in [0.3, 0.4) is 0 Å². The third-order valence-corrected chi connectivity index (χ3v) is 5.98. The molecule has 4 rings (SSSR count). The number of nitrogens with zero attached hydrogens (tertiary/aromatic N) is 2. The minimum atomic E-state index is 0.500. The molecule has 5 heteroatoms. The molecule has 0 atom stereocenters. The molecule has 1 heterocycles. The van der Waals surface area contributed by atoms with Crippen LogP contribution in [0, 0.1) is 6.92 Å². The molecule has 1 saturated carbocycles. The summed E-state index contributed by atoms with van der Waals surface area (Å²) in [5.74, 6) is 0.940. The number of fused-ring (bicyclic) bond motifs is 1. The van der Waals surface area contributed by atoms with Crippen LogP contribution < -0.4 is 4.74 Å². The smallest absolute Gasteiger partial charge is 0.131 e. The summed E-state index contributed by atoms with van der Waals surface area (Å²) in [6, 6.07) is 13.2. The van der Waals surface area contributed by atoms with Crippen molar-refractivity contribution in [1.82, 2.24) is 9.78 Å². The van der Waals surface area contributed by atoms with Gasteiger partial charge in [-0.05, 0) is 69.4 Å². The Balaban J connectivity index is 1.61. The van der Waals surface area contributed by atoms with E-state index in [1.807, 2.05) is 6.92 Å². The predicted molar refractivity (Wildman–Crippen MR) is 116 cm³/mol. The maximum absolute atomic E-state index is 6.34. The second-order valence-electron chi connectivity index (χ2n) is 7.48. The lowest BCUT2D eigenvalue weighted by atomic mass is 9.93. The van der Waals surface area contributed by atoms with Crippen LogP contribution in [0.4, 0.5) is 0 Å². The van der Waals surface area contributed by atoms with E-state index in [-0.39, 0.29) is 0 Å². The van der Waals surface area contributed by atoms with Crippen LogP contribution in [-0.2, 0) is 17.8 Å². The summed E-state index contributed by atoms with van der Waals surface area (Å²) in [6.07, 6.45) is 4.54. The summed E-state index contributed by atoms with van der Waals surface area (Å²) < 4.78 is 15.2. The van der Waals surface area contributed by atoms with Gasteiger partial charge in [0.25, 0.3) is 0 Å². The molecule has 0 unspecified atom stereocenters. The van der Waals surface area contributed by atoms with Gasteiger partial charge in [0.1, 0.15) is 12.4 Å². The van der Waals surface area contributed by atoms with Crippen LogP contribution in [-0.4, -0.2) is 23.0 Å². The van der Waals surface area contributed by atoms with Crippen molar-refractivity contribution in [3.05, 3.63) is 57.7 Å². The van der Waals surface area contributed by atoms with Crippen molar-refractivity contribution in [3.63, 3.8) is 0 Å². The molecule has 0 saturated heterocycles. The molecule has 1 aliphatic rings. The molecule has 4 nitrogen and oxygen atoms in total. The normalized spacial score (nSPS) is 14.4. The SMILES string of the molecule is CCOCCc1cc(C)ccc1OCc1c2cc(Br)ccc2nn1C1CCC1. The summed E-state index contributed by atoms with van der Waals surface area (Å²) in [5, 5.41) is 6.05. The second-order valence-corrected chi connectivity index (χ2v) is 8.40. The molecule has 0 bridgehead atoms. The topological polar surface area (TPSA) is 36.3 Å². The summed E-state index contributed by atoms with van der Waals surface area (Å²) in [5.41, 5.74) is 4.65. The maximum Gasteiger partial charge on any atom is 0.131 e. The van der Waals surface area contributed by atoms with Crippen LogP contribution in [0.25, 0.3) is 10.9 Å². The fourth-order valence-electron chi connectivity index (χ4n) is 3.72. The Labute approximate surface area is 175 Å². The van der Waals surface area contributed by atoms with Crippen LogP contribution in [0.1, 0.15) is 49.0 Å². The van der Waals surface area contributed by atoms with E-state index in [0.29, 0.717) is 19.3 Å². The van der Waals surface area contributed by atoms with Crippen molar-refractivity contribution in [2.75, 3.05) is 13.2 Å². The Morgan fingerprint density at radius 3 is 2.79 bits per heavy atom. The van der Waals surface area contributed by atoms with E-state index in [0.717, 1.165) is 34.5 Å². The van der Waals surface area contributed by atoms with E-state index in [2.05, 4.69) is 63.9 Å². The maximum atomic E-state index is 6.34. The number of hydrogen-bond donors (Lipinski definition) is 0. The summed E-state index contributed by atoms with van der Waals surface area (Å²) in [6.45, 7) is 6.12. The number of benzene rings is 2. The first-order valence-electron chi connectivity index (χ1n) is 10.1. The lowest BCUT2D eigenvalue weighted by Gasteiger charge is -2.27. The average molecular weight is 443 g/mol. The van der Waals surface area contributed by atoms with E-state index in [4.69, 9.17) is 14.6 Å². The predicted octanol–water partition coefficient (Wildman–Crippen LogP) is 5.99. The van der Waals surface area contributed by atoms with Crippen molar-refractivity contribution in [2.24, 2.45) is 0 Å². The molecule has 0 spiro atoms. The third-order valence-electron chi connectivity index (χ3n) is 5.48. The van der Waals surface area contributed by atoms with Gasteiger partial charge in [-0.25, -0.2) is 0 Å². The lowest BCUT2D eigenvalue weighted by molar-refractivity contribution is 0.150. The minimum Gasteiger partial charge on any atom is -0.487 e. The van der Waals surface area contributed by atoms with Gasteiger partial charge < -0.3 is 9.47 Å². The highest BCUT2D eigenvalue weighted by Crippen LogP contribution is 2.35. The van der Waals surface area contributed by atoms with Gasteiger partial charge in [0, 0.05) is 16.5 Å². The highest BCUT2D eigenvalue weighted by atomic mass is 79.9. The number of hydrogen-bond acceptors (Lipinski definition) is 3. The Morgan fingerprint density at radius 1 is 1.18 bits per heavy atom. The molecule has 2 aromatic carbocycles. The van der Waals surface area contributed by atoms with Crippen molar-refractivity contribution < 1.29 is 9.47 Å². The van der Waals surface area contributed by atoms with Crippen molar-refractivity contribution >= 4 is 26.8 Å². The van der Waals surface area contributed by atoms with Gasteiger partial charge in [0.05, 0.1) is 23.9 Å². The molecule has 28 heavy (non-hydrogen) atoms. The molecule has 1 aromatic heterocycles. The number of aromatic nitrogens is 2. The number of halogens is 1. The van der Waals surface area contributed by atoms with Gasteiger partial charge in [-0.1, -0.05) is 33.6 Å². The van der Waals surface area contributed by atoms with Crippen molar-refractivity contribution in [3.8, 4) is 5.75 Å². The van der Waals surface area contributed by atoms with E-state index in [9.17, 15) is 0 Å². The molecule has 0 radical (unpaired) electrons. The molecular formula is C23H27BrN2O2. The number of rotatable bonds is 8. The van der Waals surface area contributed by atoms with Gasteiger partial charge >= 0.3 is 0 Å². The zero-order valence-electron chi connectivity index (χ0n) is 16.6. The molecule has 148 valence electrons. The minimum absolute atomic E-state index is 0.500. The Bertz CT molecular complexity index is 963. The summed E-state index contributed by atoms with van der Waals surface area (Å²) in [4.78, 5) is 0. The Kier molecular flexibility index (Phi) is 6.02. The quantitative estimate of drug-likeness (QED) is 0.401. The van der Waals surface area contributed by atoms with Gasteiger partial charge in [-0.2, -0.15) is 5.10 Å². The number of aryl methyl sites for hydroxylation is 1. The monoisotopic (exact) mass is 442 g/mol. The highest BCUT2D eigenvalue weighted by Gasteiger charge is 2.25. The average Bonchev–Trinajstić information content (AvgIpc) is 2.97. The lowest BCUT2D eigenvalue weighted by Crippen LogP contribution is -2.21. The Hall–Kier alpha value is -1.85. The molecule has 3 aromatic rings. The fraction of sp³-hybridized carbons (Fsp3) is 0.435. The first kappa shape index (κ1) is 19.5. The van der Waals surface area contributed by atoms with Crippen LogP contribution in [0.5, 0.6) is 5.75 Å².